The zero-order valence-electron chi connectivity index (χ0n) is 14.7. The van der Waals surface area contributed by atoms with E-state index in [1.807, 2.05) is 27.7 Å². The van der Waals surface area contributed by atoms with Crippen LogP contribution < -0.4 is 4.72 Å². The molecule has 1 atom stereocenters. The maximum Gasteiger partial charge on any atom is 0.312 e. The Balaban J connectivity index is 5.00. The van der Waals surface area contributed by atoms with E-state index >= 15 is 0 Å². The van der Waals surface area contributed by atoms with Crippen LogP contribution in [0.1, 0.15) is 54.9 Å². The van der Waals surface area contributed by atoms with Crippen molar-refractivity contribution < 1.29 is 17.9 Å². The molecule has 126 valence electrons. The summed E-state index contributed by atoms with van der Waals surface area (Å²) in [6.45, 7) is 14.0. The molecule has 0 bridgehead atoms. The Morgan fingerprint density at radius 1 is 1.05 bits per heavy atom. The molecular formula is C15H31NO4S. The van der Waals surface area contributed by atoms with E-state index in [2.05, 4.69) is 25.5 Å². The van der Waals surface area contributed by atoms with Gasteiger partial charge in [0.1, 0.15) is 6.61 Å². The summed E-state index contributed by atoms with van der Waals surface area (Å²) in [5.41, 5.74) is -0.980. The number of esters is 1. The van der Waals surface area contributed by atoms with Gasteiger partial charge in [-0.15, -0.1) is 0 Å². The number of hydrogen-bond donors (Lipinski definition) is 1. The van der Waals surface area contributed by atoms with Crippen molar-refractivity contribution in [1.29, 1.82) is 0 Å². The van der Waals surface area contributed by atoms with E-state index < -0.39 is 15.4 Å². The van der Waals surface area contributed by atoms with E-state index in [0.29, 0.717) is 6.42 Å². The Bertz CT molecular complexity index is 457. The lowest BCUT2D eigenvalue weighted by atomic mass is 9.61. The fourth-order valence-electron chi connectivity index (χ4n) is 2.21. The molecule has 0 aliphatic heterocycles. The lowest BCUT2D eigenvalue weighted by Crippen LogP contribution is -2.44. The monoisotopic (exact) mass is 321 g/mol. The van der Waals surface area contributed by atoms with Gasteiger partial charge < -0.3 is 4.74 Å². The number of rotatable bonds is 6. The van der Waals surface area contributed by atoms with Crippen LogP contribution in [0.3, 0.4) is 0 Å². The van der Waals surface area contributed by atoms with Crippen LogP contribution in [-0.4, -0.2) is 33.8 Å². The minimum absolute atomic E-state index is 0.0297. The van der Waals surface area contributed by atoms with Crippen LogP contribution in [0.4, 0.5) is 0 Å². The standard InChI is InChI=1S/C15H31NO4S/c1-13(2,3)11-15(7,14(4,5)6)12(17)20-9-10-21(18,19)16-8/h16H,9-11H2,1-8H3. The lowest BCUT2D eigenvalue weighted by Gasteiger charge is -2.43. The first kappa shape index (κ1) is 20.4. The first-order valence-corrected chi connectivity index (χ1v) is 8.88. The van der Waals surface area contributed by atoms with E-state index in [4.69, 9.17) is 4.74 Å². The minimum atomic E-state index is -3.36. The molecule has 0 fully saturated rings. The summed E-state index contributed by atoms with van der Waals surface area (Å²) in [7, 11) is -2.02. The third-order valence-corrected chi connectivity index (χ3v) is 5.21. The van der Waals surface area contributed by atoms with E-state index in [0.717, 1.165) is 0 Å². The van der Waals surface area contributed by atoms with E-state index in [-0.39, 0.29) is 29.2 Å². The first-order valence-electron chi connectivity index (χ1n) is 7.23. The van der Waals surface area contributed by atoms with Crippen molar-refractivity contribution in [1.82, 2.24) is 4.72 Å². The van der Waals surface area contributed by atoms with Gasteiger partial charge in [-0.2, -0.15) is 0 Å². The highest BCUT2D eigenvalue weighted by molar-refractivity contribution is 7.89. The second kappa shape index (κ2) is 6.65. The quantitative estimate of drug-likeness (QED) is 0.763. The van der Waals surface area contributed by atoms with Crippen LogP contribution in [0.5, 0.6) is 0 Å². The van der Waals surface area contributed by atoms with Crippen molar-refractivity contribution in [2.75, 3.05) is 19.4 Å². The van der Waals surface area contributed by atoms with Gasteiger partial charge in [0.15, 0.2) is 0 Å². The smallest absolute Gasteiger partial charge is 0.312 e. The Kier molecular flexibility index (Phi) is 6.45. The topological polar surface area (TPSA) is 72.5 Å². The maximum atomic E-state index is 12.5. The van der Waals surface area contributed by atoms with E-state index in [1.165, 1.54) is 7.05 Å². The molecule has 0 amide bonds. The average molecular weight is 321 g/mol. The molecule has 6 heteroatoms. The number of nitrogens with one attached hydrogen (secondary N) is 1. The highest BCUT2D eigenvalue weighted by Gasteiger charge is 2.47. The summed E-state index contributed by atoms with van der Waals surface area (Å²) < 4.78 is 30.2. The summed E-state index contributed by atoms with van der Waals surface area (Å²) in [5, 5.41) is 0. The number of carbonyl (C=O) groups excluding carboxylic acids is 1. The SMILES string of the molecule is CNS(=O)(=O)CCOC(=O)C(C)(CC(C)(C)C)C(C)(C)C. The zero-order chi connectivity index (χ0) is 17.1. The van der Waals surface area contributed by atoms with Crippen LogP contribution in [0, 0.1) is 16.2 Å². The Morgan fingerprint density at radius 2 is 1.52 bits per heavy atom. The highest BCUT2D eigenvalue weighted by Crippen LogP contribution is 2.47. The third kappa shape index (κ3) is 6.34. The molecule has 0 aromatic rings. The Morgan fingerprint density at radius 3 is 1.86 bits per heavy atom. The predicted octanol–water partition coefficient (Wildman–Crippen LogP) is 2.57. The summed E-state index contributed by atoms with van der Waals surface area (Å²) in [4.78, 5) is 12.5. The van der Waals surface area contributed by atoms with Gasteiger partial charge in [-0.1, -0.05) is 41.5 Å². The molecule has 0 radical (unpaired) electrons. The molecule has 0 spiro atoms. The van der Waals surface area contributed by atoms with Crippen LogP contribution >= 0.6 is 0 Å². The van der Waals surface area contributed by atoms with E-state index in [9.17, 15) is 13.2 Å². The summed E-state index contributed by atoms with van der Waals surface area (Å²) in [6.07, 6.45) is 0.668. The highest BCUT2D eigenvalue weighted by atomic mass is 32.2. The van der Waals surface area contributed by atoms with Gasteiger partial charge >= 0.3 is 5.97 Å². The van der Waals surface area contributed by atoms with Gasteiger partial charge in [0.05, 0.1) is 11.2 Å². The van der Waals surface area contributed by atoms with Gasteiger partial charge in [0.2, 0.25) is 10.0 Å². The van der Waals surface area contributed by atoms with Gasteiger partial charge in [0.25, 0.3) is 0 Å². The van der Waals surface area contributed by atoms with Crippen molar-refractivity contribution in [2.24, 2.45) is 16.2 Å². The fourth-order valence-corrected chi connectivity index (χ4v) is 2.72. The second-order valence-electron chi connectivity index (χ2n) is 7.98. The van der Waals surface area contributed by atoms with E-state index in [1.54, 1.807) is 0 Å². The van der Waals surface area contributed by atoms with Crippen LogP contribution in [0.15, 0.2) is 0 Å². The zero-order valence-corrected chi connectivity index (χ0v) is 15.5. The van der Waals surface area contributed by atoms with Gasteiger partial charge in [-0.3, -0.25) is 4.79 Å². The predicted molar refractivity (Wildman–Crippen MR) is 85.4 cm³/mol. The third-order valence-electron chi connectivity index (χ3n) is 3.89. The number of hydrogen-bond acceptors (Lipinski definition) is 4. The van der Waals surface area contributed by atoms with Crippen LogP contribution in [0.2, 0.25) is 0 Å². The molecular weight excluding hydrogens is 290 g/mol. The number of carbonyl (C=O) groups is 1. The number of sulfonamides is 1. The Labute approximate surface area is 129 Å². The van der Waals surface area contributed by atoms with Crippen molar-refractivity contribution >= 4 is 16.0 Å². The largest absolute Gasteiger partial charge is 0.464 e. The normalized spacial score (nSPS) is 16.4. The summed E-state index contributed by atoms with van der Waals surface area (Å²) >= 11 is 0. The first-order chi connectivity index (χ1) is 9.15. The van der Waals surface area contributed by atoms with Gasteiger partial charge in [0, 0.05) is 0 Å². The molecule has 0 aliphatic rings. The number of ether oxygens (including phenoxy) is 1. The molecule has 5 nitrogen and oxygen atoms in total. The summed E-state index contributed by atoms with van der Waals surface area (Å²) in [5.74, 6) is -0.554. The minimum Gasteiger partial charge on any atom is -0.464 e. The molecule has 0 rings (SSSR count). The summed E-state index contributed by atoms with van der Waals surface area (Å²) in [6, 6.07) is 0. The molecule has 0 aliphatic carbocycles. The molecule has 1 unspecified atom stereocenters. The molecule has 0 saturated carbocycles. The molecule has 21 heavy (non-hydrogen) atoms. The Hall–Kier alpha value is -0.620. The van der Waals surface area contributed by atoms with Gasteiger partial charge in [-0.05, 0) is 31.2 Å². The average Bonchev–Trinajstić information content (AvgIpc) is 2.24. The molecule has 0 saturated heterocycles. The molecule has 0 heterocycles. The molecule has 0 aromatic heterocycles. The van der Waals surface area contributed by atoms with Crippen molar-refractivity contribution in [3.8, 4) is 0 Å². The molecule has 0 aromatic carbocycles. The van der Waals surface area contributed by atoms with Crippen LogP contribution in [-0.2, 0) is 19.6 Å². The van der Waals surface area contributed by atoms with Crippen molar-refractivity contribution in [3.63, 3.8) is 0 Å². The second-order valence-corrected chi connectivity index (χ2v) is 10.0. The van der Waals surface area contributed by atoms with Crippen molar-refractivity contribution in [3.05, 3.63) is 0 Å². The lowest BCUT2D eigenvalue weighted by molar-refractivity contribution is -0.164. The fraction of sp³-hybridized carbons (Fsp3) is 0.933. The maximum absolute atomic E-state index is 12.5. The van der Waals surface area contributed by atoms with Gasteiger partial charge in [-0.25, -0.2) is 13.1 Å². The van der Waals surface area contributed by atoms with Crippen molar-refractivity contribution in [2.45, 2.75) is 54.9 Å². The van der Waals surface area contributed by atoms with Crippen LogP contribution in [0.25, 0.3) is 0 Å². The molecule has 1 N–H and O–H groups in total.